The smallest absolute Gasteiger partial charge is 0.202 e. The zero-order chi connectivity index (χ0) is 14.5. The van der Waals surface area contributed by atoms with E-state index in [1.54, 1.807) is 18.2 Å². The Hall–Kier alpha value is -1.22. The van der Waals surface area contributed by atoms with Gasteiger partial charge in [-0.15, -0.1) is 0 Å². The van der Waals surface area contributed by atoms with E-state index < -0.39 is 31.2 Å². The van der Waals surface area contributed by atoms with Crippen LogP contribution in [0.4, 0.5) is 0 Å². The van der Waals surface area contributed by atoms with Gasteiger partial charge in [0.2, 0.25) is 6.29 Å². The molecule has 1 aliphatic rings. The van der Waals surface area contributed by atoms with E-state index in [0.717, 1.165) is 5.56 Å². The standard InChI is InChI=1S/C13H19NO6/c14-18-7-8-3-1-2-4-10(8)19-12-5-9(16)13(17)11(6-15)20-12/h1-4,9,11-13,15-17H,5-7,14H2/t9-,11?,12-,13-/m1/s1. The second kappa shape index (κ2) is 6.98. The maximum absolute atomic E-state index is 9.73. The predicted octanol–water partition coefficient (Wildman–Crippen LogP) is -0.715. The molecule has 7 heteroatoms. The second-order valence-corrected chi connectivity index (χ2v) is 4.62. The number of benzene rings is 1. The van der Waals surface area contributed by atoms with Gasteiger partial charge in [-0.25, -0.2) is 5.90 Å². The van der Waals surface area contributed by atoms with E-state index in [9.17, 15) is 10.2 Å². The van der Waals surface area contributed by atoms with E-state index in [1.165, 1.54) is 0 Å². The van der Waals surface area contributed by atoms with E-state index in [1.807, 2.05) is 6.07 Å². The highest BCUT2D eigenvalue weighted by atomic mass is 16.7. The van der Waals surface area contributed by atoms with Crippen LogP contribution >= 0.6 is 0 Å². The highest BCUT2D eigenvalue weighted by Gasteiger charge is 2.37. The number of hydrogen-bond donors (Lipinski definition) is 4. The Labute approximate surface area is 116 Å². The largest absolute Gasteiger partial charge is 0.464 e. The highest BCUT2D eigenvalue weighted by molar-refractivity contribution is 5.32. The molecule has 20 heavy (non-hydrogen) atoms. The number of para-hydroxylation sites is 1. The first-order chi connectivity index (χ1) is 9.65. The summed E-state index contributed by atoms with van der Waals surface area (Å²) >= 11 is 0. The van der Waals surface area contributed by atoms with Gasteiger partial charge in [-0.1, -0.05) is 18.2 Å². The topological polar surface area (TPSA) is 114 Å². The van der Waals surface area contributed by atoms with Crippen molar-refractivity contribution in [2.75, 3.05) is 6.61 Å². The molecular formula is C13H19NO6. The minimum absolute atomic E-state index is 0.107. The lowest BCUT2D eigenvalue weighted by Gasteiger charge is -2.36. The van der Waals surface area contributed by atoms with Crippen molar-refractivity contribution in [2.45, 2.75) is 37.6 Å². The zero-order valence-corrected chi connectivity index (χ0v) is 10.9. The third kappa shape index (κ3) is 3.45. The molecule has 1 fully saturated rings. The van der Waals surface area contributed by atoms with Gasteiger partial charge in [0.25, 0.3) is 0 Å². The van der Waals surface area contributed by atoms with Crippen LogP contribution in [-0.2, 0) is 16.2 Å². The van der Waals surface area contributed by atoms with Crippen molar-refractivity contribution in [3.05, 3.63) is 29.8 Å². The Balaban J connectivity index is 2.06. The van der Waals surface area contributed by atoms with Gasteiger partial charge in [0.1, 0.15) is 18.0 Å². The van der Waals surface area contributed by atoms with E-state index in [2.05, 4.69) is 4.84 Å². The number of ether oxygens (including phenoxy) is 2. The van der Waals surface area contributed by atoms with Gasteiger partial charge in [0.05, 0.1) is 19.3 Å². The lowest BCUT2D eigenvalue weighted by Crippen LogP contribution is -2.51. The minimum atomic E-state index is -1.12. The van der Waals surface area contributed by atoms with Crippen molar-refractivity contribution >= 4 is 0 Å². The fourth-order valence-corrected chi connectivity index (χ4v) is 2.11. The molecule has 1 unspecified atom stereocenters. The summed E-state index contributed by atoms with van der Waals surface area (Å²) in [7, 11) is 0. The van der Waals surface area contributed by atoms with Gasteiger partial charge in [0.15, 0.2) is 0 Å². The first kappa shape index (κ1) is 15.2. The molecule has 0 aromatic heterocycles. The van der Waals surface area contributed by atoms with Gasteiger partial charge in [-0.05, 0) is 6.07 Å². The normalized spacial score (nSPS) is 30.2. The summed E-state index contributed by atoms with van der Waals surface area (Å²) in [5.74, 6) is 5.57. The van der Waals surface area contributed by atoms with Crippen molar-refractivity contribution in [3.8, 4) is 5.75 Å². The van der Waals surface area contributed by atoms with Crippen molar-refractivity contribution in [1.29, 1.82) is 0 Å². The minimum Gasteiger partial charge on any atom is -0.464 e. The van der Waals surface area contributed by atoms with Crippen LogP contribution in [0, 0.1) is 0 Å². The average molecular weight is 285 g/mol. The molecule has 4 atom stereocenters. The molecule has 1 saturated heterocycles. The maximum Gasteiger partial charge on any atom is 0.202 e. The van der Waals surface area contributed by atoms with Gasteiger partial charge in [-0.3, -0.25) is 4.84 Å². The molecule has 0 aliphatic carbocycles. The SMILES string of the molecule is NOCc1ccccc1O[C@H]1C[C@@H](O)[C@@H](O)C(CO)O1. The van der Waals surface area contributed by atoms with Gasteiger partial charge in [-0.2, -0.15) is 0 Å². The summed E-state index contributed by atoms with van der Waals surface area (Å²) in [6, 6.07) is 7.12. The molecule has 1 aromatic carbocycles. The average Bonchev–Trinajstić information content (AvgIpc) is 2.45. The third-order valence-electron chi connectivity index (χ3n) is 3.19. The molecule has 1 heterocycles. The van der Waals surface area contributed by atoms with E-state index in [4.69, 9.17) is 20.5 Å². The van der Waals surface area contributed by atoms with Gasteiger partial charge < -0.3 is 24.8 Å². The Morgan fingerprint density at radius 2 is 2.05 bits per heavy atom. The van der Waals surface area contributed by atoms with E-state index in [0.29, 0.717) is 5.75 Å². The van der Waals surface area contributed by atoms with Gasteiger partial charge in [0, 0.05) is 12.0 Å². The quantitative estimate of drug-likeness (QED) is 0.528. The van der Waals surface area contributed by atoms with Crippen LogP contribution in [0.15, 0.2) is 24.3 Å². The van der Waals surface area contributed by atoms with E-state index >= 15 is 0 Å². The summed E-state index contributed by atoms with van der Waals surface area (Å²) in [4.78, 5) is 4.59. The van der Waals surface area contributed by atoms with Crippen LogP contribution in [0.1, 0.15) is 12.0 Å². The summed E-state index contributed by atoms with van der Waals surface area (Å²) in [6.45, 7) is -0.219. The van der Waals surface area contributed by atoms with E-state index in [-0.39, 0.29) is 13.0 Å². The fourth-order valence-electron chi connectivity index (χ4n) is 2.11. The number of rotatable bonds is 5. The lowest BCUT2D eigenvalue weighted by atomic mass is 10.0. The molecular weight excluding hydrogens is 266 g/mol. The summed E-state index contributed by atoms with van der Waals surface area (Å²) in [6.07, 6.45) is -3.66. The molecule has 5 N–H and O–H groups in total. The first-order valence-electron chi connectivity index (χ1n) is 6.34. The molecule has 0 saturated carbocycles. The number of aliphatic hydroxyl groups excluding tert-OH is 3. The third-order valence-corrected chi connectivity index (χ3v) is 3.19. The molecule has 112 valence electrons. The molecule has 2 rings (SSSR count). The monoisotopic (exact) mass is 285 g/mol. The first-order valence-corrected chi connectivity index (χ1v) is 6.34. The Kier molecular flexibility index (Phi) is 5.30. The predicted molar refractivity (Wildman–Crippen MR) is 68.4 cm³/mol. The molecule has 0 amide bonds. The molecule has 7 nitrogen and oxygen atoms in total. The Morgan fingerprint density at radius 3 is 2.75 bits per heavy atom. The second-order valence-electron chi connectivity index (χ2n) is 4.62. The van der Waals surface area contributed by atoms with Crippen molar-refractivity contribution in [1.82, 2.24) is 0 Å². The Bertz CT molecular complexity index is 429. The fraction of sp³-hybridized carbons (Fsp3) is 0.538. The number of nitrogens with two attached hydrogens (primary N) is 1. The molecule has 1 aliphatic heterocycles. The van der Waals surface area contributed by atoms with Crippen LogP contribution in [0.5, 0.6) is 5.75 Å². The number of aliphatic hydroxyl groups is 3. The van der Waals surface area contributed by atoms with Crippen LogP contribution in [-0.4, -0.2) is 46.5 Å². The molecule has 0 radical (unpaired) electrons. The van der Waals surface area contributed by atoms with Crippen molar-refractivity contribution in [2.24, 2.45) is 5.90 Å². The van der Waals surface area contributed by atoms with Crippen LogP contribution in [0.25, 0.3) is 0 Å². The maximum atomic E-state index is 9.73. The summed E-state index contributed by atoms with van der Waals surface area (Å²) < 4.78 is 11.1. The number of hydrogen-bond acceptors (Lipinski definition) is 7. The van der Waals surface area contributed by atoms with Gasteiger partial charge >= 0.3 is 0 Å². The lowest BCUT2D eigenvalue weighted by molar-refractivity contribution is -0.230. The van der Waals surface area contributed by atoms with Crippen molar-refractivity contribution in [3.63, 3.8) is 0 Å². The molecule has 0 spiro atoms. The van der Waals surface area contributed by atoms with Crippen molar-refractivity contribution < 1.29 is 29.6 Å². The summed E-state index contributed by atoms with van der Waals surface area (Å²) in [5, 5.41) is 28.5. The zero-order valence-electron chi connectivity index (χ0n) is 10.9. The molecule has 1 aromatic rings. The Morgan fingerprint density at radius 1 is 1.30 bits per heavy atom. The highest BCUT2D eigenvalue weighted by Crippen LogP contribution is 2.26. The molecule has 0 bridgehead atoms. The summed E-state index contributed by atoms with van der Waals surface area (Å²) in [5.41, 5.74) is 0.736. The van der Waals surface area contributed by atoms with Crippen LogP contribution < -0.4 is 10.6 Å². The van der Waals surface area contributed by atoms with Crippen LogP contribution in [0.3, 0.4) is 0 Å². The van der Waals surface area contributed by atoms with Crippen LogP contribution in [0.2, 0.25) is 0 Å².